The molecule has 26 heavy (non-hydrogen) atoms. The van der Waals surface area contributed by atoms with Gasteiger partial charge < -0.3 is 19.3 Å². The van der Waals surface area contributed by atoms with Crippen LogP contribution < -0.4 is 14.8 Å². The Morgan fingerprint density at radius 1 is 1.12 bits per heavy atom. The average molecular weight is 353 g/mol. The largest absolute Gasteiger partial charge is 0.497 e. The molecule has 1 aromatic heterocycles. The molecule has 0 fully saturated rings. The van der Waals surface area contributed by atoms with Crippen molar-refractivity contribution in [2.45, 2.75) is 13.0 Å². The summed E-state index contributed by atoms with van der Waals surface area (Å²) in [7, 11) is 1.60. The molecule has 3 aromatic rings. The first-order valence-electron chi connectivity index (χ1n) is 8.11. The van der Waals surface area contributed by atoms with Crippen molar-refractivity contribution in [3.05, 3.63) is 60.5 Å². The molecule has 0 aliphatic carbocycles. The lowest BCUT2D eigenvalue weighted by Crippen LogP contribution is -2.31. The predicted molar refractivity (Wildman–Crippen MR) is 94.8 cm³/mol. The van der Waals surface area contributed by atoms with Crippen molar-refractivity contribution in [1.29, 1.82) is 0 Å². The molecular weight excluding hydrogens is 334 g/mol. The maximum atomic E-state index is 12.0. The summed E-state index contributed by atoms with van der Waals surface area (Å²) in [6.45, 7) is 1.68. The second-order valence-electron chi connectivity index (χ2n) is 5.58. The molecular formula is C19H19N3O4. The molecule has 0 bridgehead atoms. The molecule has 134 valence electrons. The van der Waals surface area contributed by atoms with Crippen LogP contribution in [0, 0.1) is 0 Å². The van der Waals surface area contributed by atoms with Crippen molar-refractivity contribution < 1.29 is 18.8 Å². The van der Waals surface area contributed by atoms with Gasteiger partial charge in [0, 0.05) is 5.56 Å². The van der Waals surface area contributed by atoms with E-state index in [0.717, 1.165) is 11.3 Å². The van der Waals surface area contributed by atoms with Gasteiger partial charge in [0.05, 0.1) is 7.11 Å². The highest BCUT2D eigenvalue weighted by Crippen LogP contribution is 2.21. The molecule has 7 nitrogen and oxygen atoms in total. The van der Waals surface area contributed by atoms with Gasteiger partial charge in [-0.25, -0.2) is 0 Å². The minimum Gasteiger partial charge on any atom is -0.497 e. The van der Waals surface area contributed by atoms with E-state index in [4.69, 9.17) is 14.0 Å². The van der Waals surface area contributed by atoms with Crippen LogP contribution in [0.15, 0.2) is 59.1 Å². The minimum atomic E-state index is -0.429. The predicted octanol–water partition coefficient (Wildman–Crippen LogP) is 3.00. The number of amides is 1. The van der Waals surface area contributed by atoms with Crippen LogP contribution in [0.3, 0.4) is 0 Å². The molecule has 0 aliphatic heterocycles. The van der Waals surface area contributed by atoms with Gasteiger partial charge in [-0.05, 0) is 43.3 Å². The van der Waals surface area contributed by atoms with Crippen LogP contribution in [-0.4, -0.2) is 29.8 Å². The van der Waals surface area contributed by atoms with E-state index in [1.807, 2.05) is 42.5 Å². The van der Waals surface area contributed by atoms with Gasteiger partial charge in [-0.15, -0.1) is 0 Å². The van der Waals surface area contributed by atoms with Crippen molar-refractivity contribution in [3.8, 4) is 22.9 Å². The number of ether oxygens (including phenoxy) is 2. The second kappa shape index (κ2) is 8.15. The lowest BCUT2D eigenvalue weighted by atomic mass is 10.2. The van der Waals surface area contributed by atoms with Crippen molar-refractivity contribution >= 4 is 5.91 Å². The van der Waals surface area contributed by atoms with Crippen molar-refractivity contribution in [2.24, 2.45) is 0 Å². The number of nitrogens with zero attached hydrogens (tertiary/aromatic N) is 2. The number of rotatable bonds is 7. The van der Waals surface area contributed by atoms with Crippen molar-refractivity contribution in [3.63, 3.8) is 0 Å². The van der Waals surface area contributed by atoms with E-state index >= 15 is 0 Å². The highest BCUT2D eigenvalue weighted by Gasteiger charge is 2.17. The van der Waals surface area contributed by atoms with Gasteiger partial charge in [0.15, 0.2) is 6.61 Å². The van der Waals surface area contributed by atoms with E-state index in [0.29, 0.717) is 17.5 Å². The molecule has 1 heterocycles. The van der Waals surface area contributed by atoms with E-state index < -0.39 is 6.04 Å². The fourth-order valence-electron chi connectivity index (χ4n) is 2.28. The quantitative estimate of drug-likeness (QED) is 0.703. The first-order chi connectivity index (χ1) is 12.7. The third-order valence-corrected chi connectivity index (χ3v) is 3.65. The van der Waals surface area contributed by atoms with Crippen LogP contribution in [0.2, 0.25) is 0 Å². The molecule has 7 heteroatoms. The number of hydrogen-bond donors (Lipinski definition) is 1. The third-order valence-electron chi connectivity index (χ3n) is 3.65. The summed E-state index contributed by atoms with van der Waals surface area (Å²) < 4.78 is 15.8. The third kappa shape index (κ3) is 4.38. The number of benzene rings is 2. The molecule has 0 spiro atoms. The van der Waals surface area contributed by atoms with Crippen LogP contribution in [0.1, 0.15) is 18.9 Å². The Hall–Kier alpha value is -3.35. The summed E-state index contributed by atoms with van der Waals surface area (Å²) in [4.78, 5) is 16.3. The van der Waals surface area contributed by atoms with E-state index in [1.54, 1.807) is 26.2 Å². The molecule has 0 radical (unpaired) electrons. The van der Waals surface area contributed by atoms with Crippen LogP contribution in [-0.2, 0) is 4.79 Å². The zero-order valence-electron chi connectivity index (χ0n) is 14.5. The number of nitrogens with one attached hydrogen (secondary N) is 1. The minimum absolute atomic E-state index is 0.0895. The average Bonchev–Trinajstić information content (AvgIpc) is 3.18. The number of para-hydroxylation sites is 1. The highest BCUT2D eigenvalue weighted by atomic mass is 16.5. The monoisotopic (exact) mass is 353 g/mol. The Bertz CT molecular complexity index is 847. The molecule has 0 aliphatic rings. The summed E-state index contributed by atoms with van der Waals surface area (Å²) in [6.07, 6.45) is 0. The SMILES string of the molecule is COc1ccc(-c2noc(C(C)NC(=O)COc3ccccc3)n2)cc1. The maximum absolute atomic E-state index is 12.0. The topological polar surface area (TPSA) is 86.5 Å². The zero-order valence-corrected chi connectivity index (χ0v) is 14.5. The zero-order chi connectivity index (χ0) is 18.4. The Morgan fingerprint density at radius 3 is 2.54 bits per heavy atom. The van der Waals surface area contributed by atoms with Gasteiger partial charge in [-0.3, -0.25) is 4.79 Å². The van der Waals surface area contributed by atoms with Crippen LogP contribution in [0.25, 0.3) is 11.4 Å². The molecule has 1 N–H and O–H groups in total. The lowest BCUT2D eigenvalue weighted by molar-refractivity contribution is -0.123. The Labute approximate surface area is 150 Å². The fraction of sp³-hybridized carbons (Fsp3) is 0.211. The van der Waals surface area contributed by atoms with Crippen molar-refractivity contribution in [1.82, 2.24) is 15.5 Å². The number of hydrogen-bond acceptors (Lipinski definition) is 6. The van der Waals surface area contributed by atoms with Crippen LogP contribution in [0.4, 0.5) is 0 Å². The molecule has 3 rings (SSSR count). The van der Waals surface area contributed by atoms with E-state index in [-0.39, 0.29) is 12.5 Å². The smallest absolute Gasteiger partial charge is 0.258 e. The van der Waals surface area contributed by atoms with Gasteiger partial charge in [-0.2, -0.15) is 4.98 Å². The second-order valence-corrected chi connectivity index (χ2v) is 5.58. The highest BCUT2D eigenvalue weighted by molar-refractivity contribution is 5.77. The van der Waals surface area contributed by atoms with Crippen LogP contribution in [0.5, 0.6) is 11.5 Å². The van der Waals surface area contributed by atoms with Gasteiger partial charge in [-0.1, -0.05) is 23.4 Å². The normalized spacial score (nSPS) is 11.6. The van der Waals surface area contributed by atoms with E-state index in [2.05, 4.69) is 15.5 Å². The first kappa shape index (κ1) is 17.5. The summed E-state index contributed by atoms with van der Waals surface area (Å²) in [5.41, 5.74) is 0.798. The molecule has 2 aromatic carbocycles. The summed E-state index contributed by atoms with van der Waals surface area (Å²) in [5.74, 6) is 1.88. The number of aromatic nitrogens is 2. The van der Waals surface area contributed by atoms with Crippen molar-refractivity contribution in [2.75, 3.05) is 13.7 Å². The van der Waals surface area contributed by atoms with E-state index in [9.17, 15) is 4.79 Å². The summed E-state index contributed by atoms with van der Waals surface area (Å²) in [5, 5.41) is 6.72. The Morgan fingerprint density at radius 2 is 1.85 bits per heavy atom. The summed E-state index contributed by atoms with van der Waals surface area (Å²) >= 11 is 0. The molecule has 1 amide bonds. The fourth-order valence-corrected chi connectivity index (χ4v) is 2.28. The van der Waals surface area contributed by atoms with Gasteiger partial charge in [0.25, 0.3) is 5.91 Å². The summed E-state index contributed by atoms with van der Waals surface area (Å²) in [6, 6.07) is 16.0. The van der Waals surface area contributed by atoms with Gasteiger partial charge in [0.1, 0.15) is 17.5 Å². The first-order valence-corrected chi connectivity index (χ1v) is 8.11. The molecule has 0 saturated carbocycles. The van der Waals surface area contributed by atoms with Gasteiger partial charge in [0.2, 0.25) is 11.7 Å². The van der Waals surface area contributed by atoms with Crippen LogP contribution >= 0.6 is 0 Å². The number of carbonyl (C=O) groups excluding carboxylic acids is 1. The number of carbonyl (C=O) groups is 1. The molecule has 0 saturated heterocycles. The standard InChI is InChI=1S/C19H19N3O4/c1-13(20-17(23)12-25-16-6-4-3-5-7-16)19-21-18(22-26-19)14-8-10-15(24-2)11-9-14/h3-11,13H,12H2,1-2H3,(H,20,23). The lowest BCUT2D eigenvalue weighted by Gasteiger charge is -2.10. The maximum Gasteiger partial charge on any atom is 0.258 e. The number of methoxy groups -OCH3 is 1. The van der Waals surface area contributed by atoms with E-state index in [1.165, 1.54) is 0 Å². The molecule has 1 atom stereocenters. The Balaban J connectivity index is 1.57. The molecule has 1 unspecified atom stereocenters. The Kier molecular flexibility index (Phi) is 5.48. The van der Waals surface area contributed by atoms with Gasteiger partial charge >= 0.3 is 0 Å².